The summed E-state index contributed by atoms with van der Waals surface area (Å²) in [4.78, 5) is 3.19. The minimum Gasteiger partial charge on any atom is -0.361 e. The molecular weight excluding hydrogens is 403 g/mol. The summed E-state index contributed by atoms with van der Waals surface area (Å²) in [6.07, 6.45) is -0.900. The Morgan fingerprint density at radius 3 is 2.34 bits per heavy atom. The smallest absolute Gasteiger partial charge is 0.361 e. The van der Waals surface area contributed by atoms with Gasteiger partial charge in [-0.25, -0.2) is 13.1 Å². The zero-order chi connectivity index (χ0) is 20.8. The van der Waals surface area contributed by atoms with Crippen molar-refractivity contribution in [1.29, 1.82) is 0 Å². The van der Waals surface area contributed by atoms with Gasteiger partial charge in [0.2, 0.25) is 10.0 Å². The van der Waals surface area contributed by atoms with E-state index in [0.29, 0.717) is 16.6 Å². The highest BCUT2D eigenvalue weighted by Crippen LogP contribution is 2.35. The molecule has 2 heterocycles. The summed E-state index contributed by atoms with van der Waals surface area (Å²) in [6.45, 7) is 0. The molecule has 0 atom stereocenters. The molecule has 150 valence electrons. The highest BCUT2D eigenvalue weighted by Gasteiger charge is 2.30. The highest BCUT2D eigenvalue weighted by molar-refractivity contribution is 7.89. The quantitative estimate of drug-likeness (QED) is 0.510. The van der Waals surface area contributed by atoms with Gasteiger partial charge in [0.25, 0.3) is 0 Å². The first kappa shape index (κ1) is 19.3. The maximum absolute atomic E-state index is 12.9. The van der Waals surface area contributed by atoms with E-state index in [1.165, 1.54) is 25.2 Å². The Labute approximate surface area is 164 Å². The van der Waals surface area contributed by atoms with Gasteiger partial charge in [-0.05, 0) is 61.6 Å². The van der Waals surface area contributed by atoms with E-state index in [9.17, 15) is 21.6 Å². The average Bonchev–Trinajstić information content (AvgIpc) is 3.34. The summed E-state index contributed by atoms with van der Waals surface area (Å²) in [5.41, 5.74) is 1.97. The molecule has 0 aliphatic heterocycles. The Morgan fingerprint density at radius 1 is 1.03 bits per heavy atom. The molecule has 5 nitrogen and oxygen atoms in total. The van der Waals surface area contributed by atoms with Gasteiger partial charge in [-0.3, -0.25) is 0 Å². The van der Waals surface area contributed by atoms with Gasteiger partial charge in [0, 0.05) is 34.7 Å². The third-order valence-electron chi connectivity index (χ3n) is 4.72. The maximum atomic E-state index is 12.9. The molecule has 4 aromatic rings. The summed E-state index contributed by atoms with van der Waals surface area (Å²) in [6, 6.07) is 13.1. The van der Waals surface area contributed by atoms with Crippen LogP contribution in [0.25, 0.3) is 27.8 Å². The van der Waals surface area contributed by atoms with E-state index >= 15 is 0 Å². The van der Waals surface area contributed by atoms with Crippen LogP contribution in [0.3, 0.4) is 0 Å². The van der Waals surface area contributed by atoms with Gasteiger partial charge >= 0.3 is 6.18 Å². The van der Waals surface area contributed by atoms with Crippen LogP contribution in [-0.4, -0.2) is 25.0 Å². The first-order chi connectivity index (χ1) is 13.7. The third-order valence-corrected chi connectivity index (χ3v) is 6.13. The fraction of sp³-hybridized carbons (Fsp3) is 0.100. The molecule has 0 fully saturated rings. The second kappa shape index (κ2) is 6.78. The average molecular weight is 419 g/mol. The lowest BCUT2D eigenvalue weighted by atomic mass is 10.1. The van der Waals surface area contributed by atoms with Crippen molar-refractivity contribution in [1.82, 2.24) is 14.3 Å². The van der Waals surface area contributed by atoms with E-state index in [-0.39, 0.29) is 4.90 Å². The number of hydrogen-bond donors (Lipinski definition) is 2. The third kappa shape index (κ3) is 3.43. The molecule has 0 bridgehead atoms. The largest absolute Gasteiger partial charge is 0.416 e. The van der Waals surface area contributed by atoms with E-state index < -0.39 is 21.8 Å². The molecule has 2 N–H and O–H groups in total. The number of sulfonamides is 1. The van der Waals surface area contributed by atoms with Crippen molar-refractivity contribution in [3.63, 3.8) is 0 Å². The standard InChI is InChI=1S/C20H16F3N3O2S/c1-24-29(27,28)15-8-9-19-16(11-15)17(18-3-2-10-25-18)12-26(19)14-6-4-13(5-7-14)20(21,22)23/h2-12,24-25H,1H3. The Hall–Kier alpha value is -3.04. The molecule has 2 aromatic carbocycles. The summed E-state index contributed by atoms with van der Waals surface area (Å²) in [5, 5.41) is 0.656. The zero-order valence-electron chi connectivity index (χ0n) is 15.2. The highest BCUT2D eigenvalue weighted by atomic mass is 32.2. The SMILES string of the molecule is CNS(=O)(=O)c1ccc2c(c1)c(-c1ccc[nH]1)cn2-c1ccc(C(F)(F)F)cc1. The number of fused-ring (bicyclic) bond motifs is 1. The maximum Gasteiger partial charge on any atom is 0.416 e. The second-order valence-corrected chi connectivity index (χ2v) is 8.31. The van der Waals surface area contributed by atoms with Crippen LogP contribution in [0.4, 0.5) is 13.2 Å². The lowest BCUT2D eigenvalue weighted by Crippen LogP contribution is -2.18. The number of alkyl halides is 3. The van der Waals surface area contributed by atoms with E-state index in [2.05, 4.69) is 9.71 Å². The lowest BCUT2D eigenvalue weighted by Gasteiger charge is -2.09. The van der Waals surface area contributed by atoms with E-state index in [1.54, 1.807) is 29.1 Å². The summed E-state index contributed by atoms with van der Waals surface area (Å²) < 4.78 is 67.1. The summed E-state index contributed by atoms with van der Waals surface area (Å²) in [5.74, 6) is 0. The van der Waals surface area contributed by atoms with Crippen LogP contribution in [0.1, 0.15) is 5.56 Å². The van der Waals surface area contributed by atoms with E-state index in [1.807, 2.05) is 12.1 Å². The van der Waals surface area contributed by atoms with E-state index in [4.69, 9.17) is 0 Å². The predicted molar refractivity (Wildman–Crippen MR) is 104 cm³/mol. The van der Waals surface area contributed by atoms with Gasteiger partial charge in [0.1, 0.15) is 0 Å². The van der Waals surface area contributed by atoms with Gasteiger partial charge in [-0.15, -0.1) is 0 Å². The number of H-pyrrole nitrogens is 1. The van der Waals surface area contributed by atoms with Gasteiger partial charge < -0.3 is 9.55 Å². The molecule has 0 saturated heterocycles. The number of hydrogen-bond acceptors (Lipinski definition) is 2. The molecule has 0 amide bonds. The normalized spacial score (nSPS) is 12.6. The number of halogens is 3. The number of aromatic amines is 1. The van der Waals surface area contributed by atoms with Crippen LogP contribution in [0, 0.1) is 0 Å². The molecule has 0 aliphatic carbocycles. The van der Waals surface area contributed by atoms with E-state index in [0.717, 1.165) is 23.4 Å². The molecule has 0 aliphatic rings. The van der Waals surface area contributed by atoms with Crippen LogP contribution in [0.2, 0.25) is 0 Å². The van der Waals surface area contributed by atoms with Crippen molar-refractivity contribution in [2.45, 2.75) is 11.1 Å². The predicted octanol–water partition coefficient (Wildman–Crippen LogP) is 4.55. The lowest BCUT2D eigenvalue weighted by molar-refractivity contribution is -0.137. The molecule has 4 rings (SSSR count). The van der Waals surface area contributed by atoms with Crippen LogP contribution >= 0.6 is 0 Å². The Balaban J connectivity index is 1.94. The van der Waals surface area contributed by atoms with Crippen LogP contribution in [-0.2, 0) is 16.2 Å². The number of aromatic nitrogens is 2. The molecule has 0 saturated carbocycles. The van der Waals surface area contributed by atoms with Crippen molar-refractivity contribution in [3.05, 3.63) is 72.6 Å². The van der Waals surface area contributed by atoms with Crippen molar-refractivity contribution in [2.75, 3.05) is 7.05 Å². The summed E-state index contributed by atoms with van der Waals surface area (Å²) in [7, 11) is -2.31. The van der Waals surface area contributed by atoms with Gasteiger partial charge in [0.15, 0.2) is 0 Å². The number of nitrogens with one attached hydrogen (secondary N) is 2. The molecule has 29 heavy (non-hydrogen) atoms. The Bertz CT molecular complexity index is 1270. The monoisotopic (exact) mass is 419 g/mol. The second-order valence-electron chi connectivity index (χ2n) is 6.43. The van der Waals surface area contributed by atoms with Crippen molar-refractivity contribution in [3.8, 4) is 16.9 Å². The molecule has 0 radical (unpaired) electrons. The first-order valence-electron chi connectivity index (χ1n) is 8.61. The Kier molecular flexibility index (Phi) is 4.51. The van der Waals surface area contributed by atoms with Crippen molar-refractivity contribution in [2.24, 2.45) is 0 Å². The fourth-order valence-corrected chi connectivity index (χ4v) is 3.99. The number of nitrogens with zero attached hydrogens (tertiary/aromatic N) is 1. The van der Waals surface area contributed by atoms with Crippen LogP contribution in [0.5, 0.6) is 0 Å². The number of benzene rings is 2. The molecule has 2 aromatic heterocycles. The van der Waals surface area contributed by atoms with Crippen LogP contribution in [0.15, 0.2) is 71.9 Å². The van der Waals surface area contributed by atoms with Crippen molar-refractivity contribution < 1.29 is 21.6 Å². The van der Waals surface area contributed by atoms with Gasteiger partial charge in [-0.1, -0.05) is 0 Å². The van der Waals surface area contributed by atoms with Crippen LogP contribution < -0.4 is 4.72 Å². The van der Waals surface area contributed by atoms with Crippen molar-refractivity contribution >= 4 is 20.9 Å². The minimum absolute atomic E-state index is 0.102. The minimum atomic E-state index is -4.41. The summed E-state index contributed by atoms with van der Waals surface area (Å²) >= 11 is 0. The Morgan fingerprint density at radius 2 is 1.76 bits per heavy atom. The van der Waals surface area contributed by atoms with Gasteiger partial charge in [0.05, 0.1) is 16.0 Å². The first-order valence-corrected chi connectivity index (χ1v) is 10.1. The number of rotatable bonds is 4. The fourth-order valence-electron chi connectivity index (χ4n) is 3.23. The molecule has 0 spiro atoms. The zero-order valence-corrected chi connectivity index (χ0v) is 16.0. The molecule has 0 unspecified atom stereocenters. The molecular formula is C20H16F3N3O2S. The topological polar surface area (TPSA) is 66.9 Å². The molecule has 9 heteroatoms. The van der Waals surface area contributed by atoms with Gasteiger partial charge in [-0.2, -0.15) is 13.2 Å².